The molecule has 0 aliphatic heterocycles. The molecule has 0 aliphatic carbocycles. The Hall–Kier alpha value is -1.13. The van der Waals surface area contributed by atoms with Crippen LogP contribution < -0.4 is 10.1 Å². The number of aliphatic hydroxyl groups is 1. The molecular formula is C12H20N2O2. The molecule has 90 valence electrons. The molecule has 0 fully saturated rings. The molecule has 2 N–H and O–H groups in total. The van der Waals surface area contributed by atoms with Gasteiger partial charge in [-0.25, -0.2) is 4.98 Å². The number of aromatic nitrogens is 1. The zero-order valence-electron chi connectivity index (χ0n) is 10.1. The minimum Gasteiger partial charge on any atom is -0.481 e. The van der Waals surface area contributed by atoms with Crippen LogP contribution >= 0.6 is 0 Å². The smallest absolute Gasteiger partial charge is 0.217 e. The van der Waals surface area contributed by atoms with Gasteiger partial charge in [-0.05, 0) is 26.3 Å². The third-order valence-corrected chi connectivity index (χ3v) is 2.38. The molecule has 16 heavy (non-hydrogen) atoms. The molecule has 0 radical (unpaired) electrons. The van der Waals surface area contributed by atoms with E-state index in [-0.39, 0.29) is 12.1 Å². The molecule has 1 heterocycles. The highest BCUT2D eigenvalue weighted by atomic mass is 16.5. The predicted molar refractivity (Wildman–Crippen MR) is 63.4 cm³/mol. The van der Waals surface area contributed by atoms with Crippen molar-refractivity contribution in [2.75, 3.05) is 7.11 Å². The van der Waals surface area contributed by atoms with E-state index in [1.54, 1.807) is 20.2 Å². The molecule has 0 amide bonds. The zero-order valence-corrected chi connectivity index (χ0v) is 10.1. The number of hydrogen-bond acceptors (Lipinski definition) is 4. The summed E-state index contributed by atoms with van der Waals surface area (Å²) in [5, 5.41) is 12.6. The monoisotopic (exact) mass is 224 g/mol. The lowest BCUT2D eigenvalue weighted by Gasteiger charge is -2.16. The van der Waals surface area contributed by atoms with Crippen LogP contribution in [0.4, 0.5) is 0 Å². The Labute approximate surface area is 96.7 Å². The maximum Gasteiger partial charge on any atom is 0.217 e. The first kappa shape index (κ1) is 12.9. The minimum absolute atomic E-state index is 0.268. The van der Waals surface area contributed by atoms with Crippen LogP contribution in [-0.2, 0) is 6.54 Å². The van der Waals surface area contributed by atoms with Crippen molar-refractivity contribution >= 4 is 0 Å². The largest absolute Gasteiger partial charge is 0.481 e. The Bertz CT molecular complexity index is 316. The fraction of sp³-hybridized carbons (Fsp3) is 0.583. The van der Waals surface area contributed by atoms with E-state index in [0.29, 0.717) is 12.4 Å². The summed E-state index contributed by atoms with van der Waals surface area (Å²) < 4.78 is 5.16. The number of aliphatic hydroxyl groups excluding tert-OH is 1. The van der Waals surface area contributed by atoms with Gasteiger partial charge >= 0.3 is 0 Å². The second-order valence-electron chi connectivity index (χ2n) is 4.04. The average molecular weight is 224 g/mol. The zero-order chi connectivity index (χ0) is 12.0. The van der Waals surface area contributed by atoms with Crippen molar-refractivity contribution in [2.24, 2.45) is 0 Å². The van der Waals surface area contributed by atoms with Gasteiger partial charge in [-0.2, -0.15) is 0 Å². The van der Waals surface area contributed by atoms with Gasteiger partial charge in [0.05, 0.1) is 13.2 Å². The first-order valence-electron chi connectivity index (χ1n) is 5.52. The van der Waals surface area contributed by atoms with Crippen LogP contribution in [0.5, 0.6) is 5.88 Å². The second-order valence-corrected chi connectivity index (χ2v) is 4.04. The summed E-state index contributed by atoms with van der Waals surface area (Å²) in [6.07, 6.45) is 2.17. The van der Waals surface area contributed by atoms with Gasteiger partial charge in [-0.15, -0.1) is 0 Å². The van der Waals surface area contributed by atoms with Gasteiger partial charge in [0, 0.05) is 24.3 Å². The van der Waals surface area contributed by atoms with Crippen molar-refractivity contribution in [3.05, 3.63) is 23.9 Å². The van der Waals surface area contributed by atoms with Gasteiger partial charge in [0.15, 0.2) is 0 Å². The van der Waals surface area contributed by atoms with Crippen LogP contribution in [0.1, 0.15) is 25.8 Å². The molecule has 1 aromatic rings. The Balaban J connectivity index is 2.47. The fourth-order valence-corrected chi connectivity index (χ4v) is 1.62. The fourth-order valence-electron chi connectivity index (χ4n) is 1.62. The highest BCUT2D eigenvalue weighted by Crippen LogP contribution is 2.13. The molecule has 0 spiro atoms. The van der Waals surface area contributed by atoms with E-state index in [1.165, 1.54) is 0 Å². The molecule has 0 saturated heterocycles. The normalized spacial score (nSPS) is 14.5. The van der Waals surface area contributed by atoms with Crippen molar-refractivity contribution in [2.45, 2.75) is 39.0 Å². The Morgan fingerprint density at radius 3 is 2.88 bits per heavy atom. The van der Waals surface area contributed by atoms with E-state index in [2.05, 4.69) is 17.2 Å². The number of nitrogens with one attached hydrogen (secondary N) is 1. The minimum atomic E-state index is -0.279. The molecule has 0 aromatic carbocycles. The SMILES string of the molecule is COc1ncccc1CNC(C)CC(C)O. The van der Waals surface area contributed by atoms with Crippen molar-refractivity contribution in [1.29, 1.82) is 0 Å². The van der Waals surface area contributed by atoms with E-state index in [0.717, 1.165) is 12.0 Å². The lowest BCUT2D eigenvalue weighted by Crippen LogP contribution is -2.28. The van der Waals surface area contributed by atoms with Crippen LogP contribution in [0.25, 0.3) is 0 Å². The number of ether oxygens (including phenoxy) is 1. The molecule has 0 bridgehead atoms. The molecule has 4 heteroatoms. The molecule has 4 nitrogen and oxygen atoms in total. The topological polar surface area (TPSA) is 54.4 Å². The number of nitrogens with zero attached hydrogens (tertiary/aromatic N) is 1. The van der Waals surface area contributed by atoms with Crippen LogP contribution in [-0.4, -0.2) is 29.3 Å². The van der Waals surface area contributed by atoms with Crippen molar-refractivity contribution in [3.8, 4) is 5.88 Å². The van der Waals surface area contributed by atoms with E-state index >= 15 is 0 Å². The van der Waals surface area contributed by atoms with Gasteiger partial charge in [0.25, 0.3) is 0 Å². The van der Waals surface area contributed by atoms with Crippen molar-refractivity contribution in [3.63, 3.8) is 0 Å². The van der Waals surface area contributed by atoms with E-state index < -0.39 is 0 Å². The van der Waals surface area contributed by atoms with E-state index in [4.69, 9.17) is 4.74 Å². The highest BCUT2D eigenvalue weighted by molar-refractivity contribution is 5.25. The predicted octanol–water partition coefficient (Wildman–Crippen LogP) is 1.34. The number of pyridine rings is 1. The van der Waals surface area contributed by atoms with Crippen molar-refractivity contribution < 1.29 is 9.84 Å². The van der Waals surface area contributed by atoms with Gasteiger partial charge in [0.2, 0.25) is 5.88 Å². The molecule has 1 rings (SSSR count). The number of methoxy groups -OCH3 is 1. The Morgan fingerprint density at radius 2 is 2.25 bits per heavy atom. The first-order valence-corrected chi connectivity index (χ1v) is 5.52. The van der Waals surface area contributed by atoms with Crippen LogP contribution in [0, 0.1) is 0 Å². The van der Waals surface area contributed by atoms with Crippen LogP contribution in [0.3, 0.4) is 0 Å². The standard InChI is InChI=1S/C12H20N2O2/c1-9(7-10(2)15)14-8-11-5-4-6-13-12(11)16-3/h4-6,9-10,14-15H,7-8H2,1-3H3. The lowest BCUT2D eigenvalue weighted by molar-refractivity contribution is 0.170. The van der Waals surface area contributed by atoms with Gasteiger partial charge < -0.3 is 15.2 Å². The third kappa shape index (κ3) is 4.16. The summed E-state index contributed by atoms with van der Waals surface area (Å²) in [5.74, 6) is 0.652. The van der Waals surface area contributed by atoms with Crippen LogP contribution in [0.2, 0.25) is 0 Å². The summed E-state index contributed by atoms with van der Waals surface area (Å²) in [6, 6.07) is 4.14. The van der Waals surface area contributed by atoms with Gasteiger partial charge in [0.1, 0.15) is 0 Å². The van der Waals surface area contributed by atoms with Crippen LogP contribution in [0.15, 0.2) is 18.3 Å². The summed E-state index contributed by atoms with van der Waals surface area (Å²) >= 11 is 0. The Kier molecular flexibility index (Phi) is 5.22. The molecule has 0 aliphatic rings. The van der Waals surface area contributed by atoms with Crippen molar-refractivity contribution in [1.82, 2.24) is 10.3 Å². The quantitative estimate of drug-likeness (QED) is 0.765. The number of rotatable bonds is 6. The molecular weight excluding hydrogens is 204 g/mol. The summed E-state index contributed by atoms with van der Waals surface area (Å²) in [4.78, 5) is 4.12. The summed E-state index contributed by atoms with van der Waals surface area (Å²) in [7, 11) is 1.62. The number of hydrogen-bond donors (Lipinski definition) is 2. The summed E-state index contributed by atoms with van der Waals surface area (Å²) in [6.45, 7) is 4.54. The van der Waals surface area contributed by atoms with Gasteiger partial charge in [-0.3, -0.25) is 0 Å². The first-order chi connectivity index (χ1) is 7.63. The maximum atomic E-state index is 9.24. The average Bonchev–Trinajstić information content (AvgIpc) is 2.26. The molecule has 2 unspecified atom stereocenters. The molecule has 0 saturated carbocycles. The Morgan fingerprint density at radius 1 is 1.50 bits per heavy atom. The second kappa shape index (κ2) is 6.45. The van der Waals surface area contributed by atoms with E-state index in [9.17, 15) is 5.11 Å². The molecule has 1 aromatic heterocycles. The van der Waals surface area contributed by atoms with E-state index in [1.807, 2.05) is 12.1 Å². The van der Waals surface area contributed by atoms with Gasteiger partial charge in [-0.1, -0.05) is 6.07 Å². The lowest BCUT2D eigenvalue weighted by atomic mass is 10.1. The summed E-state index contributed by atoms with van der Waals surface area (Å²) in [5.41, 5.74) is 1.03. The maximum absolute atomic E-state index is 9.24. The third-order valence-electron chi connectivity index (χ3n) is 2.38. The molecule has 2 atom stereocenters. The highest BCUT2D eigenvalue weighted by Gasteiger charge is 2.07.